The molecule has 13 heavy (non-hydrogen) atoms. The van der Waals surface area contributed by atoms with Crippen molar-refractivity contribution in [1.29, 1.82) is 0 Å². The van der Waals surface area contributed by atoms with Gasteiger partial charge in [0.1, 0.15) is 5.01 Å². The summed E-state index contributed by atoms with van der Waals surface area (Å²) < 4.78 is 5.01. The highest BCUT2D eigenvalue weighted by atomic mass is 32.1. The van der Waals surface area contributed by atoms with Gasteiger partial charge < -0.3 is 10.5 Å². The molecule has 0 bridgehead atoms. The first-order valence-corrected chi connectivity index (χ1v) is 5.35. The number of methoxy groups -OCH3 is 1. The van der Waals surface area contributed by atoms with E-state index in [-0.39, 0.29) is 5.54 Å². The summed E-state index contributed by atoms with van der Waals surface area (Å²) in [4.78, 5) is 4.46. The van der Waals surface area contributed by atoms with Crippen LogP contribution in [0.1, 0.15) is 30.0 Å². The molecule has 0 unspecified atom stereocenters. The van der Waals surface area contributed by atoms with Crippen molar-refractivity contribution in [3.05, 3.63) is 16.1 Å². The van der Waals surface area contributed by atoms with Crippen molar-refractivity contribution in [1.82, 2.24) is 4.98 Å². The summed E-state index contributed by atoms with van der Waals surface area (Å²) in [5, 5.41) is 3.09. The van der Waals surface area contributed by atoms with Crippen molar-refractivity contribution in [2.45, 2.75) is 31.4 Å². The third-order valence-electron chi connectivity index (χ3n) is 2.58. The SMILES string of the molecule is COCc1nc(C2(N)CCC2)cs1. The Labute approximate surface area is 81.9 Å². The number of thiazole rings is 1. The van der Waals surface area contributed by atoms with E-state index in [4.69, 9.17) is 10.5 Å². The van der Waals surface area contributed by atoms with Gasteiger partial charge in [-0.3, -0.25) is 0 Å². The summed E-state index contributed by atoms with van der Waals surface area (Å²) in [6.45, 7) is 0.598. The molecule has 0 saturated heterocycles. The van der Waals surface area contributed by atoms with E-state index in [0.717, 1.165) is 23.5 Å². The smallest absolute Gasteiger partial charge is 0.119 e. The van der Waals surface area contributed by atoms with Crippen LogP contribution < -0.4 is 5.73 Å². The average molecular weight is 198 g/mol. The Bertz CT molecular complexity index is 294. The van der Waals surface area contributed by atoms with Crippen LogP contribution in [0.2, 0.25) is 0 Å². The van der Waals surface area contributed by atoms with E-state index < -0.39 is 0 Å². The van der Waals surface area contributed by atoms with Crippen LogP contribution in [0.25, 0.3) is 0 Å². The van der Waals surface area contributed by atoms with Gasteiger partial charge in [-0.1, -0.05) is 0 Å². The van der Waals surface area contributed by atoms with Gasteiger partial charge in [-0.15, -0.1) is 11.3 Å². The second kappa shape index (κ2) is 3.36. The van der Waals surface area contributed by atoms with Crippen LogP contribution in [0.3, 0.4) is 0 Å². The topological polar surface area (TPSA) is 48.1 Å². The van der Waals surface area contributed by atoms with Gasteiger partial charge in [0.05, 0.1) is 17.8 Å². The Morgan fingerprint density at radius 1 is 1.69 bits per heavy atom. The lowest BCUT2D eigenvalue weighted by atomic mass is 9.76. The molecule has 0 amide bonds. The molecule has 4 heteroatoms. The van der Waals surface area contributed by atoms with Crippen LogP contribution in [0.15, 0.2) is 5.38 Å². The van der Waals surface area contributed by atoms with Crippen LogP contribution >= 0.6 is 11.3 Å². The predicted octanol–water partition coefficient (Wildman–Crippen LogP) is 1.63. The van der Waals surface area contributed by atoms with Crippen molar-refractivity contribution in [2.24, 2.45) is 5.73 Å². The Morgan fingerprint density at radius 2 is 2.46 bits per heavy atom. The molecule has 1 aromatic heterocycles. The largest absolute Gasteiger partial charge is 0.378 e. The lowest BCUT2D eigenvalue weighted by Gasteiger charge is -2.36. The minimum absolute atomic E-state index is 0.123. The number of nitrogens with zero attached hydrogens (tertiary/aromatic N) is 1. The minimum atomic E-state index is -0.123. The normalized spacial score (nSPS) is 19.8. The zero-order chi connectivity index (χ0) is 9.31. The molecule has 0 radical (unpaired) electrons. The molecule has 1 heterocycles. The standard InChI is InChI=1S/C9H14N2OS/c1-12-5-8-11-7(6-13-8)9(10)3-2-4-9/h6H,2-5,10H2,1H3. The Morgan fingerprint density at radius 3 is 3.00 bits per heavy atom. The molecule has 1 aliphatic carbocycles. The van der Waals surface area contributed by atoms with E-state index in [0.29, 0.717) is 6.61 Å². The molecule has 0 aromatic carbocycles. The summed E-state index contributed by atoms with van der Waals surface area (Å²) >= 11 is 1.63. The lowest BCUT2D eigenvalue weighted by Crippen LogP contribution is -2.43. The first kappa shape index (κ1) is 9.12. The first-order chi connectivity index (χ1) is 6.24. The molecule has 0 spiro atoms. The van der Waals surface area contributed by atoms with Gasteiger partial charge >= 0.3 is 0 Å². The maximum absolute atomic E-state index is 6.14. The number of hydrogen-bond donors (Lipinski definition) is 1. The fourth-order valence-electron chi connectivity index (χ4n) is 1.54. The third-order valence-corrected chi connectivity index (χ3v) is 3.40. The van der Waals surface area contributed by atoms with Gasteiger partial charge in [0.2, 0.25) is 0 Å². The first-order valence-electron chi connectivity index (χ1n) is 4.47. The van der Waals surface area contributed by atoms with E-state index in [2.05, 4.69) is 10.4 Å². The maximum atomic E-state index is 6.14. The van der Waals surface area contributed by atoms with Gasteiger partial charge in [-0.2, -0.15) is 0 Å². The fraction of sp³-hybridized carbons (Fsp3) is 0.667. The highest BCUT2D eigenvalue weighted by Crippen LogP contribution is 2.38. The fourth-order valence-corrected chi connectivity index (χ4v) is 2.42. The van der Waals surface area contributed by atoms with Crippen LogP contribution in [-0.2, 0) is 16.9 Å². The molecule has 1 aliphatic rings. The van der Waals surface area contributed by atoms with E-state index in [1.54, 1.807) is 18.4 Å². The van der Waals surface area contributed by atoms with Crippen LogP contribution in [-0.4, -0.2) is 12.1 Å². The van der Waals surface area contributed by atoms with Gasteiger partial charge in [-0.25, -0.2) is 4.98 Å². The second-order valence-corrected chi connectivity index (χ2v) is 4.51. The Balaban J connectivity index is 2.12. The van der Waals surface area contributed by atoms with Crippen molar-refractivity contribution in [2.75, 3.05) is 7.11 Å². The van der Waals surface area contributed by atoms with E-state index >= 15 is 0 Å². The molecule has 0 atom stereocenters. The number of hydrogen-bond acceptors (Lipinski definition) is 4. The number of ether oxygens (including phenoxy) is 1. The summed E-state index contributed by atoms with van der Waals surface area (Å²) in [6, 6.07) is 0. The van der Waals surface area contributed by atoms with Crippen molar-refractivity contribution in [3.63, 3.8) is 0 Å². The monoisotopic (exact) mass is 198 g/mol. The van der Waals surface area contributed by atoms with Crippen molar-refractivity contribution >= 4 is 11.3 Å². The Hall–Kier alpha value is -0.450. The van der Waals surface area contributed by atoms with Gasteiger partial charge in [0.25, 0.3) is 0 Å². The van der Waals surface area contributed by atoms with Gasteiger partial charge in [-0.05, 0) is 19.3 Å². The number of rotatable bonds is 3. The molecule has 1 saturated carbocycles. The van der Waals surface area contributed by atoms with Crippen LogP contribution in [0.4, 0.5) is 0 Å². The maximum Gasteiger partial charge on any atom is 0.119 e. The molecule has 2 rings (SSSR count). The third kappa shape index (κ3) is 1.61. The highest BCUT2D eigenvalue weighted by molar-refractivity contribution is 7.09. The van der Waals surface area contributed by atoms with Gasteiger partial charge in [0, 0.05) is 12.5 Å². The van der Waals surface area contributed by atoms with Crippen LogP contribution in [0, 0.1) is 0 Å². The van der Waals surface area contributed by atoms with Gasteiger partial charge in [0.15, 0.2) is 0 Å². The molecule has 72 valence electrons. The lowest BCUT2D eigenvalue weighted by molar-refractivity contribution is 0.183. The van der Waals surface area contributed by atoms with E-state index in [1.807, 2.05) is 0 Å². The summed E-state index contributed by atoms with van der Waals surface area (Å²) in [5.41, 5.74) is 7.07. The summed E-state index contributed by atoms with van der Waals surface area (Å²) in [7, 11) is 1.68. The zero-order valence-electron chi connectivity index (χ0n) is 7.75. The molecule has 2 N–H and O–H groups in total. The highest BCUT2D eigenvalue weighted by Gasteiger charge is 2.36. The van der Waals surface area contributed by atoms with Crippen LogP contribution in [0.5, 0.6) is 0 Å². The second-order valence-electron chi connectivity index (χ2n) is 3.57. The summed E-state index contributed by atoms with van der Waals surface area (Å²) in [6.07, 6.45) is 3.37. The molecule has 3 nitrogen and oxygen atoms in total. The predicted molar refractivity (Wildman–Crippen MR) is 52.5 cm³/mol. The molecular weight excluding hydrogens is 184 g/mol. The van der Waals surface area contributed by atoms with Crippen molar-refractivity contribution < 1.29 is 4.74 Å². The number of aromatic nitrogens is 1. The quantitative estimate of drug-likeness (QED) is 0.803. The molecule has 1 fully saturated rings. The zero-order valence-corrected chi connectivity index (χ0v) is 8.56. The average Bonchev–Trinajstić information content (AvgIpc) is 2.50. The summed E-state index contributed by atoms with van der Waals surface area (Å²) in [5.74, 6) is 0. The van der Waals surface area contributed by atoms with Crippen molar-refractivity contribution in [3.8, 4) is 0 Å². The van der Waals surface area contributed by atoms with E-state index in [1.165, 1.54) is 6.42 Å². The Kier molecular flexibility index (Phi) is 2.36. The molecular formula is C9H14N2OS. The van der Waals surface area contributed by atoms with E-state index in [9.17, 15) is 0 Å². The number of nitrogens with two attached hydrogens (primary N) is 1. The minimum Gasteiger partial charge on any atom is -0.378 e. The molecule has 0 aliphatic heterocycles. The molecule has 1 aromatic rings.